The van der Waals surface area contributed by atoms with Gasteiger partial charge in [0.2, 0.25) is 5.91 Å². The average Bonchev–Trinajstić information content (AvgIpc) is 2.75. The predicted molar refractivity (Wildman–Crippen MR) is 131 cm³/mol. The number of carbonyl (C=O) groups excluding carboxylic acids is 1. The quantitative estimate of drug-likeness (QED) is 0.129. The van der Waals surface area contributed by atoms with Gasteiger partial charge in [0, 0.05) is 13.0 Å². The van der Waals surface area contributed by atoms with Gasteiger partial charge >= 0.3 is 0 Å². The average molecular weight is 423 g/mol. The first-order valence-corrected chi connectivity index (χ1v) is 13.1. The van der Waals surface area contributed by atoms with E-state index in [9.17, 15) is 4.79 Å². The minimum absolute atomic E-state index is 0.111. The van der Waals surface area contributed by atoms with Gasteiger partial charge < -0.3 is 10.4 Å². The van der Waals surface area contributed by atoms with E-state index >= 15 is 0 Å². The molecule has 3 heteroatoms. The maximum atomic E-state index is 11.9. The number of unbranched alkanes of at least 4 members (excludes halogenated alkanes) is 15. The van der Waals surface area contributed by atoms with Crippen LogP contribution >= 0.6 is 0 Å². The molecular formula is C27H52NO2. The summed E-state index contributed by atoms with van der Waals surface area (Å²) < 4.78 is 0. The molecule has 0 atom stereocenters. The summed E-state index contributed by atoms with van der Waals surface area (Å²) in [5.74, 6) is 0.112. The fourth-order valence-electron chi connectivity index (χ4n) is 3.79. The van der Waals surface area contributed by atoms with Gasteiger partial charge in [-0.25, -0.2) is 0 Å². The molecule has 0 fully saturated rings. The maximum absolute atomic E-state index is 11.9. The predicted octanol–water partition coefficient (Wildman–Crippen LogP) is 8.02. The molecule has 0 heterocycles. The highest BCUT2D eigenvalue weighted by Crippen LogP contribution is 2.13. The molecule has 0 bridgehead atoms. The Morgan fingerprint density at radius 3 is 1.60 bits per heavy atom. The Morgan fingerprint density at radius 1 is 0.667 bits per heavy atom. The van der Waals surface area contributed by atoms with Crippen molar-refractivity contribution in [1.29, 1.82) is 0 Å². The van der Waals surface area contributed by atoms with E-state index in [1.807, 2.05) is 6.92 Å². The van der Waals surface area contributed by atoms with Gasteiger partial charge in [0.25, 0.3) is 0 Å². The first-order valence-electron chi connectivity index (χ1n) is 13.1. The minimum Gasteiger partial charge on any atom is -0.396 e. The van der Waals surface area contributed by atoms with Crippen molar-refractivity contribution in [1.82, 2.24) is 5.32 Å². The first kappa shape index (κ1) is 29.2. The third-order valence-electron chi connectivity index (χ3n) is 5.82. The van der Waals surface area contributed by atoms with Gasteiger partial charge in [-0.05, 0) is 44.9 Å². The van der Waals surface area contributed by atoms with Crippen molar-refractivity contribution in [2.75, 3.05) is 6.61 Å². The van der Waals surface area contributed by atoms with Crippen LogP contribution in [0, 0.1) is 6.04 Å². The molecule has 0 aliphatic carbocycles. The van der Waals surface area contributed by atoms with E-state index in [1.165, 1.54) is 96.3 Å². The molecule has 0 unspecified atom stereocenters. The number of amides is 1. The lowest BCUT2D eigenvalue weighted by molar-refractivity contribution is -0.121. The number of carbonyl (C=O) groups is 1. The first-order chi connectivity index (χ1) is 14.7. The van der Waals surface area contributed by atoms with Crippen LogP contribution in [-0.4, -0.2) is 17.6 Å². The summed E-state index contributed by atoms with van der Waals surface area (Å²) in [7, 11) is 0. The molecule has 0 aliphatic heterocycles. The fourth-order valence-corrected chi connectivity index (χ4v) is 3.79. The number of hydrogen-bond donors (Lipinski definition) is 2. The monoisotopic (exact) mass is 422 g/mol. The van der Waals surface area contributed by atoms with Gasteiger partial charge in [0.05, 0.1) is 6.04 Å². The second-order valence-corrected chi connectivity index (χ2v) is 8.73. The van der Waals surface area contributed by atoms with Crippen LogP contribution in [0.1, 0.15) is 142 Å². The molecule has 0 aromatic carbocycles. The summed E-state index contributed by atoms with van der Waals surface area (Å²) in [6, 6.07) is 0.954. The number of hydrogen-bond acceptors (Lipinski definition) is 2. The van der Waals surface area contributed by atoms with Crippen LogP contribution in [0.2, 0.25) is 0 Å². The van der Waals surface area contributed by atoms with Crippen molar-refractivity contribution in [3.63, 3.8) is 0 Å². The van der Waals surface area contributed by atoms with Crippen molar-refractivity contribution in [2.24, 2.45) is 0 Å². The summed E-state index contributed by atoms with van der Waals surface area (Å²) in [6.07, 6.45) is 29.1. The number of rotatable bonds is 23. The van der Waals surface area contributed by atoms with Crippen LogP contribution in [0.15, 0.2) is 12.2 Å². The van der Waals surface area contributed by atoms with Gasteiger partial charge in [-0.3, -0.25) is 4.79 Å². The molecule has 1 radical (unpaired) electrons. The normalized spacial score (nSPS) is 11.6. The molecule has 2 N–H and O–H groups in total. The molecule has 1 amide bonds. The van der Waals surface area contributed by atoms with Crippen LogP contribution in [0.4, 0.5) is 0 Å². The highest BCUT2D eigenvalue weighted by Gasteiger charge is 2.10. The summed E-state index contributed by atoms with van der Waals surface area (Å²) in [5.41, 5.74) is 0. The second kappa shape index (κ2) is 24.4. The number of nitrogens with one attached hydrogen (secondary N) is 1. The van der Waals surface area contributed by atoms with Crippen molar-refractivity contribution < 1.29 is 9.90 Å². The van der Waals surface area contributed by atoms with Gasteiger partial charge in [-0.15, -0.1) is 0 Å². The Hall–Kier alpha value is -0.830. The van der Waals surface area contributed by atoms with E-state index in [0.29, 0.717) is 12.8 Å². The van der Waals surface area contributed by atoms with Crippen LogP contribution in [0.25, 0.3) is 0 Å². The Labute approximate surface area is 188 Å². The molecule has 0 spiro atoms. The van der Waals surface area contributed by atoms with E-state index in [0.717, 1.165) is 25.3 Å². The van der Waals surface area contributed by atoms with Gasteiger partial charge in [0.1, 0.15) is 0 Å². The third-order valence-corrected chi connectivity index (χ3v) is 5.82. The maximum Gasteiger partial charge on any atom is 0.220 e. The van der Waals surface area contributed by atoms with Gasteiger partial charge in [0.15, 0.2) is 0 Å². The highest BCUT2D eigenvalue weighted by atomic mass is 16.3. The Kier molecular flexibility index (Phi) is 23.8. The summed E-state index contributed by atoms with van der Waals surface area (Å²) in [5, 5.41) is 11.9. The Balaban J connectivity index is 3.26. The molecule has 0 aromatic heterocycles. The topological polar surface area (TPSA) is 49.3 Å². The number of aliphatic hydroxyl groups excluding tert-OH is 1. The van der Waals surface area contributed by atoms with Crippen molar-refractivity contribution in [3.8, 4) is 0 Å². The van der Waals surface area contributed by atoms with Crippen LogP contribution in [-0.2, 0) is 4.79 Å². The lowest BCUT2D eigenvalue weighted by atomic mass is 10.0. The van der Waals surface area contributed by atoms with Gasteiger partial charge in [-0.2, -0.15) is 0 Å². The van der Waals surface area contributed by atoms with E-state index in [4.69, 9.17) is 5.11 Å². The third kappa shape index (κ3) is 21.9. The smallest absolute Gasteiger partial charge is 0.220 e. The largest absolute Gasteiger partial charge is 0.396 e. The van der Waals surface area contributed by atoms with Crippen LogP contribution < -0.4 is 5.32 Å². The molecule has 30 heavy (non-hydrogen) atoms. The van der Waals surface area contributed by atoms with Gasteiger partial charge in [-0.1, -0.05) is 103 Å². The van der Waals surface area contributed by atoms with E-state index in [-0.39, 0.29) is 12.5 Å². The standard InChI is InChI=1S/C27H52NO2/c1-3-5-6-7-8-9-10-11-12-13-14-15-16-17-18-19-20-21-22-23-27(30)28-26(4-2)24-25-29/h11-12,29H,3-10,13-25H2,1-2H3,(H,28,30)/b12-11-. The second-order valence-electron chi connectivity index (χ2n) is 8.73. The lowest BCUT2D eigenvalue weighted by Crippen LogP contribution is -2.28. The van der Waals surface area contributed by atoms with E-state index in [2.05, 4.69) is 24.4 Å². The fraction of sp³-hybridized carbons (Fsp3) is 0.852. The number of allylic oxidation sites excluding steroid dienone is 2. The molecule has 3 nitrogen and oxygen atoms in total. The zero-order valence-electron chi connectivity index (χ0n) is 20.4. The SMILES string of the molecule is CCCCCCCC/C=C\CCCCCCCCCCCC(=O)N[C](CC)CCO. The Bertz CT molecular complexity index is 381. The zero-order valence-corrected chi connectivity index (χ0v) is 20.4. The lowest BCUT2D eigenvalue weighted by Gasteiger charge is -2.14. The highest BCUT2D eigenvalue weighted by molar-refractivity contribution is 5.77. The van der Waals surface area contributed by atoms with Crippen molar-refractivity contribution >= 4 is 5.91 Å². The number of aliphatic hydroxyl groups is 1. The van der Waals surface area contributed by atoms with E-state index < -0.39 is 0 Å². The summed E-state index contributed by atoms with van der Waals surface area (Å²) in [6.45, 7) is 4.40. The van der Waals surface area contributed by atoms with Crippen molar-refractivity contribution in [3.05, 3.63) is 18.2 Å². The van der Waals surface area contributed by atoms with Crippen LogP contribution in [0.3, 0.4) is 0 Å². The summed E-state index contributed by atoms with van der Waals surface area (Å²) >= 11 is 0. The molecule has 0 saturated heterocycles. The van der Waals surface area contributed by atoms with Crippen LogP contribution in [0.5, 0.6) is 0 Å². The molecule has 0 aromatic rings. The molecule has 0 aliphatic rings. The molecule has 0 rings (SSSR count). The van der Waals surface area contributed by atoms with Crippen molar-refractivity contribution in [2.45, 2.75) is 142 Å². The minimum atomic E-state index is 0.111. The molecule has 177 valence electrons. The van der Waals surface area contributed by atoms with E-state index in [1.54, 1.807) is 0 Å². The molecular weight excluding hydrogens is 370 g/mol. The summed E-state index contributed by atoms with van der Waals surface area (Å²) in [4.78, 5) is 11.9. The molecule has 0 saturated carbocycles. The zero-order chi connectivity index (χ0) is 22.1. The Morgan fingerprint density at radius 2 is 1.13 bits per heavy atom.